The zero-order chi connectivity index (χ0) is 53.2. The van der Waals surface area contributed by atoms with Crippen molar-refractivity contribution in [3.05, 3.63) is 48.6 Å². The third kappa shape index (κ3) is 22.5. The molecule has 1 N–H and O–H groups in total. The van der Waals surface area contributed by atoms with Crippen LogP contribution >= 0.6 is 45.2 Å². The molecule has 2 aromatic rings. The van der Waals surface area contributed by atoms with Gasteiger partial charge >= 0.3 is 18.1 Å². The highest BCUT2D eigenvalue weighted by Gasteiger charge is 2.61. The van der Waals surface area contributed by atoms with E-state index in [1.54, 1.807) is 19.2 Å². The fourth-order valence-electron chi connectivity index (χ4n) is 10.7. The third-order valence-electron chi connectivity index (χ3n) is 16.4. The van der Waals surface area contributed by atoms with Crippen molar-refractivity contribution in [1.82, 2.24) is 0 Å². The van der Waals surface area contributed by atoms with E-state index in [-0.39, 0.29) is 99.3 Å². The molecule has 0 amide bonds. The maximum atomic E-state index is 12.8. The van der Waals surface area contributed by atoms with Gasteiger partial charge in [0.1, 0.15) is 28.3 Å². The fraction of sp³-hybridized carbons (Fsp3) is 0.776. The van der Waals surface area contributed by atoms with Crippen LogP contribution in [0.15, 0.2) is 30.3 Å². The van der Waals surface area contributed by atoms with Crippen molar-refractivity contribution >= 4 is 63.3 Å². The molecule has 0 aromatic heterocycles. The number of carbonyl (C=O) groups excluding carboxylic acids is 3. The third-order valence-corrected chi connectivity index (χ3v) is 18.2. The summed E-state index contributed by atoms with van der Waals surface area (Å²) < 4.78 is 30.3. The zero-order valence-corrected chi connectivity index (χ0v) is 51.0. The van der Waals surface area contributed by atoms with Crippen LogP contribution in [0.3, 0.4) is 0 Å². The number of phenolic OH excluding ortho intramolecular Hbond substituents is 1. The molecule has 0 heterocycles. The second-order valence-electron chi connectivity index (χ2n) is 23.9. The number of methoxy groups -OCH3 is 1. The van der Waals surface area contributed by atoms with Crippen LogP contribution in [0.25, 0.3) is 0 Å². The van der Waals surface area contributed by atoms with E-state index in [9.17, 15) is 14.4 Å². The van der Waals surface area contributed by atoms with Crippen LogP contribution in [-0.2, 0) is 23.8 Å². The number of hydrogen-bond donors (Lipinski definition) is 1. The molecule has 9 nitrogen and oxygen atoms in total. The first-order chi connectivity index (χ1) is 32.5. The Kier molecular flexibility index (Phi) is 41.3. The van der Waals surface area contributed by atoms with Gasteiger partial charge in [0.2, 0.25) is 0 Å². The van der Waals surface area contributed by atoms with Gasteiger partial charge in [-0.25, -0.2) is 4.79 Å². The molecule has 462 valence electrons. The van der Waals surface area contributed by atoms with E-state index in [1.807, 2.05) is 73.6 Å². The van der Waals surface area contributed by atoms with E-state index in [0.717, 1.165) is 63.1 Å². The maximum Gasteiger partial charge on any atom is 0.514 e. The van der Waals surface area contributed by atoms with Gasteiger partial charge < -0.3 is 28.8 Å². The quantitative estimate of drug-likeness (QED) is 0.0854. The summed E-state index contributed by atoms with van der Waals surface area (Å²) in [6.45, 7) is 35.0. The van der Waals surface area contributed by atoms with Crippen LogP contribution in [0, 0.1) is 53.5 Å². The molecular weight excluding hydrogens is 1200 g/mol. The number of benzene rings is 2. The Morgan fingerprint density at radius 2 is 1.05 bits per heavy atom. The summed E-state index contributed by atoms with van der Waals surface area (Å²) in [6.07, 6.45) is 14.2. The number of aromatic hydroxyl groups is 1. The van der Waals surface area contributed by atoms with E-state index < -0.39 is 11.8 Å². The molecule has 0 radical (unpaired) electrons. The van der Waals surface area contributed by atoms with Crippen LogP contribution in [-0.4, -0.2) is 47.1 Å². The monoisotopic (exact) mass is 1330 g/mol. The topological polar surface area (TPSA) is 118 Å². The highest BCUT2D eigenvalue weighted by Crippen LogP contribution is 2.62. The molecular formula is C67H126I2O9. The van der Waals surface area contributed by atoms with Gasteiger partial charge in [0.05, 0.1) is 25.1 Å². The molecule has 2 unspecified atom stereocenters. The van der Waals surface area contributed by atoms with Crippen molar-refractivity contribution in [3.8, 4) is 17.2 Å². The molecule has 0 saturated heterocycles. The first-order valence-corrected chi connectivity index (χ1v) is 28.9. The first-order valence-electron chi connectivity index (χ1n) is 26.7. The summed E-state index contributed by atoms with van der Waals surface area (Å²) in [5.74, 6) is 6.38. The Balaban J connectivity index is -0.000000219. The van der Waals surface area contributed by atoms with Gasteiger partial charge in [0, 0.05) is 5.56 Å². The van der Waals surface area contributed by atoms with E-state index in [2.05, 4.69) is 107 Å². The standard InChI is InChI=1S/C19H32O2.C16H22I2O4.C14H26O2.C10H14O.8CH4/c1-6-18(4,5)17(20)21-19(12(2)3)15-8-13-7-14(10-15)11-16(19)9-13;1-7-9(2)10-8-11(17)14(20-6)12(18)13(10)21-15(19)22-16(3,4)5;1-6-13(4,5)12(15)16-14(11(2)3)9-7-8-10-14;1-3-8(2)9-4-6-10(11)7-5-9;;;;;;;;/h12-16H,6-11H2,1-5H3;8-9H,7H2,1-6H3;11H,6-10H2,1-5H3;4-8,11H,3H2,1-2H3;8*1H4. The summed E-state index contributed by atoms with van der Waals surface area (Å²) in [5.41, 5.74) is 0.654. The second-order valence-corrected chi connectivity index (χ2v) is 26.1. The average molecular weight is 1330 g/mol. The summed E-state index contributed by atoms with van der Waals surface area (Å²) in [5, 5.41) is 9.01. The fourth-order valence-corrected chi connectivity index (χ4v) is 13.0. The lowest BCUT2D eigenvalue weighted by Crippen LogP contribution is -2.63. The number of rotatable bonds is 14. The van der Waals surface area contributed by atoms with Crippen LogP contribution in [0.5, 0.6) is 17.2 Å². The Labute approximate surface area is 511 Å². The van der Waals surface area contributed by atoms with Crippen LogP contribution < -0.4 is 9.47 Å². The molecule has 0 spiro atoms. The Hall–Kier alpha value is -2.29. The first kappa shape index (κ1) is 87.0. The smallest absolute Gasteiger partial charge is 0.508 e. The van der Waals surface area contributed by atoms with Crippen molar-refractivity contribution in [1.29, 1.82) is 0 Å². The molecule has 78 heavy (non-hydrogen) atoms. The van der Waals surface area contributed by atoms with Crippen molar-refractivity contribution < 1.29 is 43.2 Å². The number of hydrogen-bond acceptors (Lipinski definition) is 9. The van der Waals surface area contributed by atoms with Gasteiger partial charge in [-0.3, -0.25) is 9.59 Å². The average Bonchev–Trinajstić information content (AvgIpc) is 3.78. The molecule has 7 rings (SSSR count). The molecule has 5 fully saturated rings. The normalized spacial score (nSPS) is 20.7. The highest BCUT2D eigenvalue weighted by atomic mass is 127. The highest BCUT2D eigenvalue weighted by molar-refractivity contribution is 14.1. The minimum atomic E-state index is -0.696. The van der Waals surface area contributed by atoms with Gasteiger partial charge in [0.25, 0.3) is 0 Å². The molecule has 5 aliphatic carbocycles. The predicted molar refractivity (Wildman–Crippen MR) is 356 cm³/mol. The SMILES string of the molecule is C.C.C.C.C.C.C.C.CCC(C)(C)C(=O)OC1(C(C)C)C2CC3CC(C2)CC1C3.CCC(C)(C)C(=O)OC1(C(C)C)CCCC1.CCC(C)c1cc(I)c(OC)c(I)c1OC(=O)OC(C)(C)C.CCC(C)c1ccc(O)cc1. The predicted octanol–water partition coefficient (Wildman–Crippen LogP) is 22.5. The van der Waals surface area contributed by atoms with E-state index >= 15 is 0 Å². The minimum absolute atomic E-state index is 0. The lowest BCUT2D eigenvalue weighted by Gasteiger charge is -2.62. The number of carbonyl (C=O) groups is 3. The largest absolute Gasteiger partial charge is 0.514 e. The van der Waals surface area contributed by atoms with Crippen LogP contribution in [0.1, 0.15) is 284 Å². The second kappa shape index (κ2) is 37.0. The Morgan fingerprint density at radius 1 is 0.628 bits per heavy atom. The van der Waals surface area contributed by atoms with E-state index in [4.69, 9.17) is 28.8 Å². The van der Waals surface area contributed by atoms with Gasteiger partial charge in [-0.1, -0.05) is 141 Å². The lowest BCUT2D eigenvalue weighted by atomic mass is 9.47. The molecule has 4 bridgehead atoms. The van der Waals surface area contributed by atoms with Gasteiger partial charge in [0.15, 0.2) is 5.75 Å². The minimum Gasteiger partial charge on any atom is -0.508 e. The van der Waals surface area contributed by atoms with Gasteiger partial charge in [-0.05, 0) is 248 Å². The van der Waals surface area contributed by atoms with Gasteiger partial charge in [-0.15, -0.1) is 0 Å². The molecule has 5 saturated carbocycles. The molecule has 11 heteroatoms. The molecule has 2 atom stereocenters. The van der Waals surface area contributed by atoms with E-state index in [1.165, 1.54) is 50.5 Å². The summed E-state index contributed by atoms with van der Waals surface area (Å²) >= 11 is 4.38. The Morgan fingerprint density at radius 3 is 1.41 bits per heavy atom. The summed E-state index contributed by atoms with van der Waals surface area (Å²) in [4.78, 5) is 37.0. The van der Waals surface area contributed by atoms with Crippen molar-refractivity contribution in [2.75, 3.05) is 7.11 Å². The number of phenols is 1. The number of esters is 2. The summed E-state index contributed by atoms with van der Waals surface area (Å²) in [7, 11) is 1.61. The van der Waals surface area contributed by atoms with Crippen molar-refractivity contribution in [3.63, 3.8) is 0 Å². The van der Waals surface area contributed by atoms with Crippen molar-refractivity contribution in [2.24, 2.45) is 46.3 Å². The van der Waals surface area contributed by atoms with Gasteiger partial charge in [-0.2, -0.15) is 0 Å². The lowest BCUT2D eigenvalue weighted by molar-refractivity contribution is -0.231. The zero-order valence-electron chi connectivity index (χ0n) is 46.7. The van der Waals surface area contributed by atoms with Crippen LogP contribution in [0.4, 0.5) is 4.79 Å². The molecule has 0 aliphatic heterocycles. The number of halogens is 2. The maximum absolute atomic E-state index is 12.8. The molecule has 5 aliphatic rings. The Bertz CT molecular complexity index is 1960. The van der Waals surface area contributed by atoms with E-state index in [0.29, 0.717) is 46.8 Å². The molecule has 2 aromatic carbocycles. The number of ether oxygens (including phenoxy) is 5. The van der Waals surface area contributed by atoms with Crippen molar-refractivity contribution in [2.45, 2.75) is 289 Å². The summed E-state index contributed by atoms with van der Waals surface area (Å²) in [6, 6.07) is 9.44. The van der Waals surface area contributed by atoms with Crippen LogP contribution in [0.2, 0.25) is 0 Å².